The zero-order valence-corrected chi connectivity index (χ0v) is 24.1. The van der Waals surface area contributed by atoms with Crippen molar-refractivity contribution in [1.82, 2.24) is 10.3 Å². The molecule has 1 aliphatic rings. The molecule has 1 fully saturated rings. The maximum Gasteiger partial charge on any atom is 2.00 e. The molecular formula is C15H23N5O6S2WY-2. The van der Waals surface area contributed by atoms with E-state index in [0.717, 1.165) is 17.8 Å². The summed E-state index contributed by atoms with van der Waals surface area (Å²) in [5.41, 5.74) is 5.04. The number of hydrogen-bond donors (Lipinski definition) is 3. The van der Waals surface area contributed by atoms with Gasteiger partial charge < -0.3 is 45.9 Å². The number of rotatable bonds is 5. The average molecular weight is 706 g/mol. The van der Waals surface area contributed by atoms with Crippen molar-refractivity contribution in [2.24, 2.45) is 5.16 Å². The van der Waals surface area contributed by atoms with Crippen LogP contribution in [0.3, 0.4) is 0 Å². The summed E-state index contributed by atoms with van der Waals surface area (Å²) in [6, 6.07) is -0.694. The van der Waals surface area contributed by atoms with Gasteiger partial charge in [-0.2, -0.15) is 6.42 Å². The van der Waals surface area contributed by atoms with Crippen molar-refractivity contribution < 1.29 is 81.2 Å². The number of hydrogen-bond acceptors (Lipinski definition) is 10. The van der Waals surface area contributed by atoms with E-state index in [2.05, 4.69) is 46.6 Å². The van der Waals surface area contributed by atoms with E-state index < -0.39 is 28.5 Å². The SMILES string of the molecule is O=[S-](=O)O.[CH2-]CCC.[CH2-]O/N=C(\C(=O)N[C@@H]1C(=O)[N-]C1(C)C)c1csc(N)n1.[W+2].[Y]. The molecule has 15 heteroatoms. The van der Waals surface area contributed by atoms with Gasteiger partial charge in [-0.3, -0.25) is 4.79 Å². The molecule has 1 atom stereocenters. The first-order chi connectivity index (χ1) is 13.0. The van der Waals surface area contributed by atoms with Gasteiger partial charge in [-0.05, 0) is 0 Å². The summed E-state index contributed by atoms with van der Waals surface area (Å²) in [7, 11) is 0.227. The Morgan fingerprint density at radius 3 is 2.33 bits per heavy atom. The van der Waals surface area contributed by atoms with Gasteiger partial charge in [0.25, 0.3) is 5.91 Å². The molecule has 167 valence electrons. The van der Waals surface area contributed by atoms with Crippen LogP contribution in [-0.2, 0) is 87.6 Å². The Morgan fingerprint density at radius 1 is 1.53 bits per heavy atom. The van der Waals surface area contributed by atoms with Crippen LogP contribution in [0.5, 0.6) is 0 Å². The van der Waals surface area contributed by atoms with E-state index in [-0.39, 0.29) is 71.1 Å². The number of nitrogen functional groups attached to an aromatic ring is 1. The fourth-order valence-electron chi connectivity index (χ4n) is 1.75. The molecule has 1 aliphatic heterocycles. The van der Waals surface area contributed by atoms with Gasteiger partial charge in [0.05, 0.1) is 11.9 Å². The van der Waals surface area contributed by atoms with Crippen LogP contribution >= 0.6 is 11.3 Å². The van der Waals surface area contributed by atoms with Crippen molar-refractivity contribution in [3.8, 4) is 0 Å². The van der Waals surface area contributed by atoms with Crippen LogP contribution in [0.1, 0.15) is 39.3 Å². The van der Waals surface area contributed by atoms with Crippen LogP contribution in [0, 0.1) is 14.0 Å². The first-order valence-corrected chi connectivity index (χ1v) is 9.77. The number of unbranched alkanes of at least 4 members (excludes halogenated alkanes) is 1. The van der Waals surface area contributed by atoms with E-state index in [1.54, 1.807) is 19.2 Å². The maximum absolute atomic E-state index is 12.2. The summed E-state index contributed by atoms with van der Waals surface area (Å²) in [6.45, 7) is 9.21. The summed E-state index contributed by atoms with van der Waals surface area (Å²) >= 11 is 1.16. The minimum Gasteiger partial charge on any atom is -0.645 e. The van der Waals surface area contributed by atoms with Gasteiger partial charge in [0.1, 0.15) is 5.69 Å². The topological polar surface area (TPSA) is 175 Å². The molecule has 30 heavy (non-hydrogen) atoms. The summed E-state index contributed by atoms with van der Waals surface area (Å²) in [5.74, 6) is -0.976. The smallest absolute Gasteiger partial charge is 0.645 e. The molecule has 0 saturated carbocycles. The van der Waals surface area contributed by atoms with Gasteiger partial charge in [0, 0.05) is 49.1 Å². The fraction of sp³-hybridized carbons (Fsp3) is 0.467. The third kappa shape index (κ3) is 12.4. The average Bonchev–Trinajstić information content (AvgIpc) is 3.02. The molecule has 1 saturated heterocycles. The maximum atomic E-state index is 12.2. The molecule has 11 nitrogen and oxygen atoms in total. The number of anilines is 1. The first-order valence-electron chi connectivity index (χ1n) is 7.85. The standard InChI is InChI=1S/C11H14N5O3S.C4H9.HO3S.W.Y/c1-11(2)7(9(18)15-11)14-8(17)6(16-19-3)5-4-20-10(12)13-5;1-3-4-2;1-4(2)3;;/h4,7H,3H2,1-2H3,(H4,12,13,14,15,17,18);1,3-4H2,2H3;(H,1,2,3);;/q3*-1;+2;/p-1/b16-6-;;;;/t7-;;;;/m1..../s1. The Bertz CT molecular complexity index is 762. The largest absolute Gasteiger partial charge is 2.00 e. The zero-order chi connectivity index (χ0) is 21.9. The van der Waals surface area contributed by atoms with E-state index in [9.17, 15) is 9.59 Å². The number of carbonyl (C=O) groups excluding carboxylic acids is 2. The van der Waals surface area contributed by atoms with Crippen LogP contribution in [0.4, 0.5) is 5.13 Å². The molecule has 0 unspecified atom stereocenters. The Kier molecular flexibility index (Phi) is 19.5. The van der Waals surface area contributed by atoms with Crippen LogP contribution in [0.2, 0.25) is 0 Å². The number of oxime groups is 1. The Balaban J connectivity index is -0.000000629. The normalized spacial score (nSPS) is 16.0. The minimum atomic E-state index is -2.86. The summed E-state index contributed by atoms with van der Waals surface area (Å²) in [6.07, 6.45) is 2.28. The summed E-state index contributed by atoms with van der Waals surface area (Å²) < 4.78 is 24.1. The van der Waals surface area contributed by atoms with Gasteiger partial charge >= 0.3 is 21.1 Å². The van der Waals surface area contributed by atoms with Crippen molar-refractivity contribution in [2.75, 3.05) is 5.73 Å². The minimum absolute atomic E-state index is 0. The number of thiazole rings is 1. The third-order valence-corrected chi connectivity index (χ3v) is 3.79. The molecule has 1 aromatic heterocycles. The summed E-state index contributed by atoms with van der Waals surface area (Å²) in [5, 5.41) is 11.7. The van der Waals surface area contributed by atoms with Gasteiger partial charge in [0.15, 0.2) is 10.8 Å². The molecule has 1 aromatic rings. The molecule has 2 amide bonds. The monoisotopic (exact) mass is 706 g/mol. The second-order valence-corrected chi connectivity index (χ2v) is 7.04. The van der Waals surface area contributed by atoms with E-state index in [0.29, 0.717) is 5.13 Å². The molecule has 4 N–H and O–H groups in total. The number of amides is 2. The van der Waals surface area contributed by atoms with Crippen molar-refractivity contribution in [2.45, 2.75) is 45.2 Å². The van der Waals surface area contributed by atoms with Gasteiger partial charge in [-0.25, -0.2) is 4.98 Å². The van der Waals surface area contributed by atoms with Gasteiger partial charge in [-0.1, -0.05) is 32.7 Å². The number of nitrogens with zero attached hydrogens (tertiary/aromatic N) is 3. The summed E-state index contributed by atoms with van der Waals surface area (Å²) in [4.78, 5) is 31.9. The number of β-lactam (4-membered cyclic amide) rings is 1. The Morgan fingerprint density at radius 2 is 2.03 bits per heavy atom. The van der Waals surface area contributed by atoms with E-state index in [1.165, 1.54) is 6.42 Å². The predicted octanol–water partition coefficient (Wildman–Crippen LogP) is 1.80. The molecular weight excluding hydrogens is 683 g/mol. The Hall–Kier alpha value is -0.458. The van der Waals surface area contributed by atoms with Crippen LogP contribution in [-0.4, -0.2) is 38.6 Å². The number of nitrogens with one attached hydrogen (secondary N) is 1. The van der Waals surface area contributed by atoms with Crippen LogP contribution < -0.4 is 11.1 Å². The second-order valence-electron chi connectivity index (χ2n) is 5.72. The zero-order valence-electron chi connectivity index (χ0n) is 16.7. The quantitative estimate of drug-likeness (QED) is 0.0791. The second kappa shape index (κ2) is 17.1. The molecule has 0 aliphatic carbocycles. The predicted molar refractivity (Wildman–Crippen MR) is 106 cm³/mol. The third-order valence-electron chi connectivity index (χ3n) is 3.12. The number of nitrogens with two attached hydrogens (primary N) is 1. The molecule has 0 aromatic carbocycles. The molecule has 0 bridgehead atoms. The van der Waals surface area contributed by atoms with E-state index in [1.807, 2.05) is 0 Å². The van der Waals surface area contributed by atoms with Gasteiger partial charge in [0.2, 0.25) is 0 Å². The van der Waals surface area contributed by atoms with Crippen LogP contribution in [0.25, 0.3) is 5.32 Å². The Labute approximate surface area is 221 Å². The number of carbonyl (C=O) groups is 2. The van der Waals surface area contributed by atoms with Crippen molar-refractivity contribution in [3.05, 3.63) is 30.4 Å². The fourth-order valence-corrected chi connectivity index (χ4v) is 2.30. The van der Waals surface area contributed by atoms with Crippen molar-refractivity contribution >= 4 is 45.0 Å². The molecule has 1 radical (unpaired) electrons. The van der Waals surface area contributed by atoms with Gasteiger partial charge in [-0.15, -0.1) is 23.6 Å². The molecule has 2 heterocycles. The van der Waals surface area contributed by atoms with E-state index in [4.69, 9.17) is 18.7 Å². The van der Waals surface area contributed by atoms with Crippen molar-refractivity contribution in [3.63, 3.8) is 0 Å². The molecule has 2 rings (SSSR count). The number of aromatic nitrogens is 1. The van der Waals surface area contributed by atoms with Crippen molar-refractivity contribution in [1.29, 1.82) is 0 Å². The first kappa shape index (κ1) is 34.2. The molecule has 0 spiro atoms. The van der Waals surface area contributed by atoms with Crippen LogP contribution in [0.15, 0.2) is 10.5 Å². The van der Waals surface area contributed by atoms with E-state index >= 15 is 0 Å².